The Bertz CT molecular complexity index is 605. The van der Waals surface area contributed by atoms with Crippen LogP contribution < -0.4 is 10.2 Å². The van der Waals surface area contributed by atoms with Crippen LogP contribution in [0, 0.1) is 0 Å². The van der Waals surface area contributed by atoms with E-state index in [1.165, 1.54) is 0 Å². The number of aromatic nitrogens is 3. The molecule has 0 unspecified atom stereocenters. The molecule has 22 heavy (non-hydrogen) atoms. The van der Waals surface area contributed by atoms with Crippen molar-refractivity contribution in [1.29, 1.82) is 0 Å². The summed E-state index contributed by atoms with van der Waals surface area (Å²) in [7, 11) is 0. The Morgan fingerprint density at radius 2 is 1.95 bits per heavy atom. The smallest absolute Gasteiger partial charge is 0.207 e. The largest absolute Gasteiger partial charge is 0.390 e. The van der Waals surface area contributed by atoms with Crippen molar-refractivity contribution in [2.45, 2.75) is 27.0 Å². The summed E-state index contributed by atoms with van der Waals surface area (Å²) in [6, 6.07) is 7.70. The number of benzene rings is 1. The lowest BCUT2D eigenvalue weighted by Crippen LogP contribution is -2.25. The Hall–Kier alpha value is -2.41. The zero-order valence-corrected chi connectivity index (χ0v) is 12.9. The van der Waals surface area contributed by atoms with Gasteiger partial charge in [0.15, 0.2) is 5.82 Å². The summed E-state index contributed by atoms with van der Waals surface area (Å²) in [6.45, 7) is 6.06. The summed E-state index contributed by atoms with van der Waals surface area (Å²) < 4.78 is 1.73. The average Bonchev–Trinajstić information content (AvgIpc) is 2.98. The zero-order chi connectivity index (χ0) is 15.9. The molecule has 0 saturated heterocycles. The number of anilines is 1. The van der Waals surface area contributed by atoms with Crippen molar-refractivity contribution in [3.05, 3.63) is 35.5 Å². The number of nitrogens with one attached hydrogen (secondary N) is 1. The third-order valence-electron chi connectivity index (χ3n) is 3.50. The molecule has 0 atom stereocenters. The van der Waals surface area contributed by atoms with Gasteiger partial charge in [0.1, 0.15) is 5.69 Å². The van der Waals surface area contributed by atoms with E-state index in [9.17, 15) is 9.90 Å². The zero-order valence-electron chi connectivity index (χ0n) is 12.9. The van der Waals surface area contributed by atoms with E-state index in [-0.39, 0.29) is 6.61 Å². The lowest BCUT2D eigenvalue weighted by Gasteiger charge is -2.22. The van der Waals surface area contributed by atoms with Gasteiger partial charge in [-0.25, -0.2) is 0 Å². The van der Waals surface area contributed by atoms with Crippen molar-refractivity contribution in [3.8, 4) is 5.69 Å². The van der Waals surface area contributed by atoms with Crippen molar-refractivity contribution < 1.29 is 9.90 Å². The van der Waals surface area contributed by atoms with E-state index in [0.29, 0.717) is 18.6 Å². The first-order valence-electron chi connectivity index (χ1n) is 7.31. The van der Waals surface area contributed by atoms with Crippen molar-refractivity contribution in [2.24, 2.45) is 0 Å². The van der Waals surface area contributed by atoms with Gasteiger partial charge < -0.3 is 15.3 Å². The van der Waals surface area contributed by atoms with Crippen LogP contribution in [0.15, 0.2) is 24.3 Å². The highest BCUT2D eigenvalue weighted by Gasteiger charge is 2.18. The number of aliphatic hydroxyl groups is 1. The van der Waals surface area contributed by atoms with Crippen LogP contribution in [0.4, 0.5) is 5.82 Å². The minimum absolute atomic E-state index is 0.146. The van der Waals surface area contributed by atoms with Crippen LogP contribution in [-0.2, 0) is 17.9 Å². The highest BCUT2D eigenvalue weighted by atomic mass is 16.3. The molecule has 7 heteroatoms. The Morgan fingerprint density at radius 1 is 1.27 bits per heavy atom. The molecule has 118 valence electrons. The number of nitrogens with zero attached hydrogens (tertiary/aromatic N) is 4. The van der Waals surface area contributed by atoms with E-state index >= 15 is 0 Å². The molecule has 7 nitrogen and oxygen atoms in total. The van der Waals surface area contributed by atoms with E-state index < -0.39 is 0 Å². The first kappa shape index (κ1) is 16.0. The highest BCUT2D eigenvalue weighted by molar-refractivity contribution is 5.51. The third kappa shape index (κ3) is 3.25. The number of carbonyl (C=O) groups is 1. The molecular formula is C15H21N5O2. The second-order valence-electron chi connectivity index (χ2n) is 4.77. The molecule has 0 bridgehead atoms. The molecule has 0 aliphatic rings. The summed E-state index contributed by atoms with van der Waals surface area (Å²) in [4.78, 5) is 12.4. The maximum Gasteiger partial charge on any atom is 0.207 e. The molecule has 1 heterocycles. The maximum atomic E-state index is 10.3. The number of rotatable bonds is 8. The van der Waals surface area contributed by atoms with Gasteiger partial charge >= 0.3 is 0 Å². The van der Waals surface area contributed by atoms with Gasteiger partial charge in [0.2, 0.25) is 6.41 Å². The number of carbonyl (C=O) groups excluding carboxylic acids is 1. The molecule has 0 radical (unpaired) electrons. The number of hydrogen-bond acceptors (Lipinski definition) is 5. The molecule has 2 aromatic rings. The van der Waals surface area contributed by atoms with Crippen molar-refractivity contribution in [1.82, 2.24) is 20.3 Å². The van der Waals surface area contributed by atoms with Gasteiger partial charge in [-0.2, -0.15) is 4.68 Å². The van der Waals surface area contributed by atoms with Gasteiger partial charge in [-0.15, -0.1) is 5.10 Å². The standard InChI is InChI=1S/C15H21N5O2/c1-3-19(4-2)15-14(10-21)17-18-20(15)13-7-5-12(6-8-13)9-16-11-22/h5-8,11,21H,3-4,9-10H2,1-2H3,(H,16,22). The Morgan fingerprint density at radius 3 is 2.50 bits per heavy atom. The number of amides is 1. The van der Waals surface area contributed by atoms with Crippen LogP contribution >= 0.6 is 0 Å². The fraction of sp³-hybridized carbons (Fsp3) is 0.400. The fourth-order valence-corrected chi connectivity index (χ4v) is 2.34. The predicted molar refractivity (Wildman–Crippen MR) is 83.7 cm³/mol. The summed E-state index contributed by atoms with van der Waals surface area (Å²) in [5, 5.41) is 20.3. The molecule has 1 aromatic carbocycles. The fourth-order valence-electron chi connectivity index (χ4n) is 2.34. The van der Waals surface area contributed by atoms with Gasteiger partial charge in [0, 0.05) is 19.6 Å². The molecule has 2 rings (SSSR count). The van der Waals surface area contributed by atoms with Crippen molar-refractivity contribution >= 4 is 12.2 Å². The molecule has 0 fully saturated rings. The van der Waals surface area contributed by atoms with Crippen LogP contribution in [0.5, 0.6) is 0 Å². The summed E-state index contributed by atoms with van der Waals surface area (Å²) >= 11 is 0. The Balaban J connectivity index is 2.35. The van der Waals surface area contributed by atoms with Crippen molar-refractivity contribution in [2.75, 3.05) is 18.0 Å². The molecule has 1 amide bonds. The van der Waals surface area contributed by atoms with E-state index in [1.807, 2.05) is 24.3 Å². The van der Waals surface area contributed by atoms with E-state index in [0.717, 1.165) is 30.2 Å². The molecular weight excluding hydrogens is 282 g/mol. The summed E-state index contributed by atoms with van der Waals surface area (Å²) in [6.07, 6.45) is 0.678. The van der Waals surface area contributed by atoms with Gasteiger partial charge in [0.25, 0.3) is 0 Å². The molecule has 0 aliphatic carbocycles. The minimum Gasteiger partial charge on any atom is -0.390 e. The minimum atomic E-state index is -0.146. The number of hydrogen-bond donors (Lipinski definition) is 2. The lowest BCUT2D eigenvalue weighted by atomic mass is 10.2. The van der Waals surface area contributed by atoms with Gasteiger partial charge in [-0.3, -0.25) is 4.79 Å². The van der Waals surface area contributed by atoms with Crippen LogP contribution in [0.3, 0.4) is 0 Å². The van der Waals surface area contributed by atoms with E-state index in [1.54, 1.807) is 4.68 Å². The van der Waals surface area contributed by atoms with Crippen LogP contribution in [0.25, 0.3) is 5.69 Å². The van der Waals surface area contributed by atoms with E-state index in [4.69, 9.17) is 0 Å². The topological polar surface area (TPSA) is 83.3 Å². The third-order valence-corrected chi connectivity index (χ3v) is 3.50. The molecule has 2 N–H and O–H groups in total. The average molecular weight is 303 g/mol. The SMILES string of the molecule is CCN(CC)c1c(CO)nnn1-c1ccc(CNC=O)cc1. The van der Waals surface area contributed by atoms with E-state index in [2.05, 4.69) is 34.4 Å². The van der Waals surface area contributed by atoms with Gasteiger partial charge in [-0.05, 0) is 31.5 Å². The molecule has 0 aliphatic heterocycles. The first-order valence-corrected chi connectivity index (χ1v) is 7.31. The number of aliphatic hydroxyl groups excluding tert-OH is 1. The van der Waals surface area contributed by atoms with Gasteiger partial charge in [0.05, 0.1) is 12.3 Å². The second kappa shape index (κ2) is 7.56. The highest BCUT2D eigenvalue weighted by Crippen LogP contribution is 2.22. The first-order chi connectivity index (χ1) is 10.7. The van der Waals surface area contributed by atoms with Crippen LogP contribution in [-0.4, -0.2) is 39.6 Å². The predicted octanol–water partition coefficient (Wildman–Crippen LogP) is 0.852. The summed E-state index contributed by atoms with van der Waals surface area (Å²) in [5.74, 6) is 0.811. The Kier molecular flexibility index (Phi) is 5.48. The summed E-state index contributed by atoms with van der Waals surface area (Å²) in [5.41, 5.74) is 2.43. The normalized spacial score (nSPS) is 10.5. The monoisotopic (exact) mass is 303 g/mol. The van der Waals surface area contributed by atoms with Gasteiger partial charge in [-0.1, -0.05) is 17.3 Å². The Labute approximate surface area is 129 Å². The second-order valence-corrected chi connectivity index (χ2v) is 4.77. The molecule has 0 saturated carbocycles. The van der Waals surface area contributed by atoms with Crippen LogP contribution in [0.1, 0.15) is 25.1 Å². The molecule has 1 aromatic heterocycles. The maximum absolute atomic E-state index is 10.3. The van der Waals surface area contributed by atoms with Crippen molar-refractivity contribution in [3.63, 3.8) is 0 Å². The van der Waals surface area contributed by atoms with Crippen LogP contribution in [0.2, 0.25) is 0 Å². The quantitative estimate of drug-likeness (QED) is 0.707. The molecule has 0 spiro atoms. The lowest BCUT2D eigenvalue weighted by molar-refractivity contribution is -0.109.